The van der Waals surface area contributed by atoms with Crippen molar-refractivity contribution in [3.63, 3.8) is 0 Å². The summed E-state index contributed by atoms with van der Waals surface area (Å²) < 4.78 is 31.2. The molecule has 8 heteroatoms. The van der Waals surface area contributed by atoms with Gasteiger partial charge in [0.1, 0.15) is 0 Å². The first kappa shape index (κ1) is 18.1. The van der Waals surface area contributed by atoms with E-state index < -0.39 is 16.0 Å². The van der Waals surface area contributed by atoms with Crippen LogP contribution in [0.5, 0.6) is 0 Å². The van der Waals surface area contributed by atoms with Crippen molar-refractivity contribution in [3.05, 3.63) is 45.9 Å². The molecule has 24 heavy (non-hydrogen) atoms. The van der Waals surface area contributed by atoms with Crippen molar-refractivity contribution in [1.29, 1.82) is 0 Å². The Morgan fingerprint density at radius 3 is 2.67 bits per heavy atom. The Morgan fingerprint density at radius 1 is 1.38 bits per heavy atom. The first-order valence-electron chi connectivity index (χ1n) is 7.03. The molecule has 0 radical (unpaired) electrons. The van der Waals surface area contributed by atoms with Crippen LogP contribution in [-0.4, -0.2) is 32.5 Å². The number of thiazole rings is 1. The lowest BCUT2D eigenvalue weighted by Gasteiger charge is -2.06. The lowest BCUT2D eigenvalue weighted by molar-refractivity contribution is 0.0509. The van der Waals surface area contributed by atoms with E-state index in [0.717, 1.165) is 10.6 Å². The number of hydrogen-bond donors (Lipinski definition) is 1. The molecule has 6 nitrogen and oxygen atoms in total. The molecule has 0 fully saturated rings. The van der Waals surface area contributed by atoms with Gasteiger partial charge in [-0.25, -0.2) is 18.2 Å². The fourth-order valence-electron chi connectivity index (χ4n) is 1.88. The van der Waals surface area contributed by atoms with Gasteiger partial charge in [0.2, 0.25) is 10.0 Å². The minimum absolute atomic E-state index is 0.0367. The van der Waals surface area contributed by atoms with Crippen molar-refractivity contribution < 1.29 is 17.9 Å². The van der Waals surface area contributed by atoms with Gasteiger partial charge < -0.3 is 4.74 Å². The number of esters is 1. The number of aryl methyl sites for hydroxylation is 1. The Hall–Kier alpha value is -2.21. The van der Waals surface area contributed by atoms with Gasteiger partial charge in [-0.3, -0.25) is 0 Å². The van der Waals surface area contributed by atoms with Crippen molar-refractivity contribution in [2.24, 2.45) is 0 Å². The molecule has 1 aromatic heterocycles. The highest BCUT2D eigenvalue weighted by atomic mass is 32.2. The zero-order valence-electron chi connectivity index (χ0n) is 13.0. The second-order valence-electron chi connectivity index (χ2n) is 4.80. The third-order valence-corrected chi connectivity index (χ3v) is 5.58. The van der Waals surface area contributed by atoms with Crippen molar-refractivity contribution in [1.82, 2.24) is 9.71 Å². The quantitative estimate of drug-likeness (QED) is 0.598. The van der Waals surface area contributed by atoms with Crippen LogP contribution in [0.2, 0.25) is 0 Å². The zero-order valence-corrected chi connectivity index (χ0v) is 14.6. The predicted octanol–water partition coefficient (Wildman–Crippen LogP) is 1.76. The number of nitrogens with one attached hydrogen (secondary N) is 1. The molecular formula is C16H16N2O4S2. The summed E-state index contributed by atoms with van der Waals surface area (Å²) in [4.78, 5) is 17.2. The van der Waals surface area contributed by atoms with Crippen LogP contribution in [0.25, 0.3) is 0 Å². The molecule has 0 saturated heterocycles. The van der Waals surface area contributed by atoms with E-state index in [1.807, 2.05) is 6.92 Å². The maximum atomic E-state index is 12.0. The lowest BCUT2D eigenvalue weighted by atomic mass is 10.2. The molecule has 126 valence electrons. The average Bonchev–Trinajstić information content (AvgIpc) is 2.98. The summed E-state index contributed by atoms with van der Waals surface area (Å²) in [6, 6.07) is 5.49. The SMILES string of the molecule is C#CCNS(=O)(=O)c1ccc(C(=O)OCCc2scnc2C)cc1. The minimum Gasteiger partial charge on any atom is -0.462 e. The van der Waals surface area contributed by atoms with E-state index in [1.54, 1.807) is 5.51 Å². The van der Waals surface area contributed by atoms with Gasteiger partial charge in [0.15, 0.2) is 0 Å². The summed E-state index contributed by atoms with van der Waals surface area (Å²) in [5.74, 6) is 1.69. The largest absolute Gasteiger partial charge is 0.462 e. The molecule has 0 spiro atoms. The highest BCUT2D eigenvalue weighted by molar-refractivity contribution is 7.89. The van der Waals surface area contributed by atoms with Crippen LogP contribution in [0, 0.1) is 19.3 Å². The monoisotopic (exact) mass is 364 g/mol. The van der Waals surface area contributed by atoms with Gasteiger partial charge in [-0.2, -0.15) is 4.72 Å². The maximum Gasteiger partial charge on any atom is 0.338 e. The number of aromatic nitrogens is 1. The summed E-state index contributed by atoms with van der Waals surface area (Å²) in [5, 5.41) is 0. The Morgan fingerprint density at radius 2 is 2.08 bits per heavy atom. The van der Waals surface area contributed by atoms with Crippen molar-refractivity contribution in [2.45, 2.75) is 18.2 Å². The van der Waals surface area contributed by atoms with Crippen LogP contribution in [0.3, 0.4) is 0 Å². The smallest absolute Gasteiger partial charge is 0.338 e. The van der Waals surface area contributed by atoms with Crippen LogP contribution >= 0.6 is 11.3 Å². The maximum absolute atomic E-state index is 12.0. The molecule has 1 aromatic carbocycles. The van der Waals surface area contributed by atoms with Crippen molar-refractivity contribution >= 4 is 27.3 Å². The number of carbonyl (C=O) groups is 1. The molecule has 0 aliphatic rings. The number of sulfonamides is 1. The summed E-state index contributed by atoms with van der Waals surface area (Å²) in [6.45, 7) is 2.05. The molecule has 2 aromatic rings. The van der Waals surface area contributed by atoms with Crippen LogP contribution in [-0.2, 0) is 21.2 Å². The van der Waals surface area contributed by atoms with Gasteiger partial charge in [0.25, 0.3) is 0 Å². The van der Waals surface area contributed by atoms with E-state index in [-0.39, 0.29) is 23.6 Å². The van der Waals surface area contributed by atoms with E-state index >= 15 is 0 Å². The number of hydrogen-bond acceptors (Lipinski definition) is 6. The average molecular weight is 364 g/mol. The number of terminal acetylenes is 1. The Kier molecular flexibility index (Phi) is 6.09. The summed E-state index contributed by atoms with van der Waals surface area (Å²) in [7, 11) is -3.67. The van der Waals surface area contributed by atoms with Crippen LogP contribution in [0.4, 0.5) is 0 Å². The summed E-state index contributed by atoms with van der Waals surface area (Å²) in [5.41, 5.74) is 2.97. The van der Waals surface area contributed by atoms with Gasteiger partial charge in [0, 0.05) is 11.3 Å². The van der Waals surface area contributed by atoms with E-state index in [9.17, 15) is 13.2 Å². The molecule has 0 amide bonds. The molecule has 0 bridgehead atoms. The third-order valence-electron chi connectivity index (χ3n) is 3.17. The van der Waals surface area contributed by atoms with Gasteiger partial charge >= 0.3 is 5.97 Å². The Labute approximate surface area is 144 Å². The summed E-state index contributed by atoms with van der Waals surface area (Å²) >= 11 is 1.52. The van der Waals surface area contributed by atoms with Gasteiger partial charge in [0.05, 0.1) is 34.8 Å². The topological polar surface area (TPSA) is 85.4 Å². The summed E-state index contributed by atoms with van der Waals surface area (Å²) in [6.07, 6.45) is 5.63. The van der Waals surface area contributed by atoms with E-state index in [2.05, 4.69) is 15.6 Å². The third kappa shape index (κ3) is 4.64. The van der Waals surface area contributed by atoms with Gasteiger partial charge in [-0.15, -0.1) is 17.8 Å². The highest BCUT2D eigenvalue weighted by Crippen LogP contribution is 2.14. The molecule has 0 aliphatic carbocycles. The number of benzene rings is 1. The molecule has 0 aliphatic heterocycles. The Bertz CT molecular complexity index is 849. The normalized spacial score (nSPS) is 11.0. The molecule has 0 unspecified atom stereocenters. The van der Waals surface area contributed by atoms with E-state index in [1.165, 1.54) is 35.6 Å². The van der Waals surface area contributed by atoms with E-state index in [4.69, 9.17) is 11.2 Å². The molecule has 2 rings (SSSR count). The molecule has 1 N–H and O–H groups in total. The number of rotatable bonds is 7. The standard InChI is InChI=1S/C16H16N2O4S2/c1-3-9-18-24(20,21)14-6-4-13(5-7-14)16(19)22-10-8-15-12(2)17-11-23-15/h1,4-7,11,18H,8-10H2,2H3. The van der Waals surface area contributed by atoms with Crippen LogP contribution in [0.15, 0.2) is 34.7 Å². The molecule has 1 heterocycles. The number of carbonyl (C=O) groups excluding carboxylic acids is 1. The molecule has 0 saturated carbocycles. The highest BCUT2D eigenvalue weighted by Gasteiger charge is 2.14. The lowest BCUT2D eigenvalue weighted by Crippen LogP contribution is -2.23. The first-order valence-corrected chi connectivity index (χ1v) is 9.39. The first-order chi connectivity index (χ1) is 11.4. The second kappa shape index (κ2) is 8.06. The van der Waals surface area contributed by atoms with Crippen molar-refractivity contribution in [2.75, 3.05) is 13.2 Å². The Balaban J connectivity index is 1.94. The fourth-order valence-corrected chi connectivity index (χ4v) is 3.57. The molecular weight excluding hydrogens is 348 g/mol. The minimum atomic E-state index is -3.67. The van der Waals surface area contributed by atoms with Crippen molar-refractivity contribution in [3.8, 4) is 12.3 Å². The van der Waals surface area contributed by atoms with Gasteiger partial charge in [-0.1, -0.05) is 5.92 Å². The fraction of sp³-hybridized carbons (Fsp3) is 0.250. The number of nitrogens with zero attached hydrogens (tertiary/aromatic N) is 1. The molecule has 0 atom stereocenters. The van der Waals surface area contributed by atoms with Gasteiger partial charge in [-0.05, 0) is 31.2 Å². The number of ether oxygens (including phenoxy) is 1. The van der Waals surface area contributed by atoms with Crippen LogP contribution < -0.4 is 4.72 Å². The van der Waals surface area contributed by atoms with E-state index in [0.29, 0.717) is 6.42 Å². The zero-order chi connectivity index (χ0) is 17.6. The predicted molar refractivity (Wildman–Crippen MR) is 91.3 cm³/mol. The van der Waals surface area contributed by atoms with Crippen LogP contribution in [0.1, 0.15) is 20.9 Å². The second-order valence-corrected chi connectivity index (χ2v) is 7.51.